The fourth-order valence-electron chi connectivity index (χ4n) is 3.06. The van der Waals surface area contributed by atoms with E-state index in [1.807, 2.05) is 13.8 Å². The Bertz CT molecular complexity index is 723. The second-order valence-electron chi connectivity index (χ2n) is 6.63. The maximum Gasteiger partial charge on any atom is 0.420 e. The van der Waals surface area contributed by atoms with Crippen LogP contribution < -0.4 is 5.32 Å². The highest BCUT2D eigenvalue weighted by Gasteiger charge is 2.36. The van der Waals surface area contributed by atoms with Gasteiger partial charge in [0.1, 0.15) is 17.3 Å². The Morgan fingerprint density at radius 2 is 2.04 bits per heavy atom. The maximum atomic E-state index is 13.6. The molecule has 0 aliphatic heterocycles. The number of benzene rings is 1. The van der Waals surface area contributed by atoms with E-state index in [1.165, 1.54) is 0 Å². The minimum Gasteiger partial charge on any atom is -0.440 e. The van der Waals surface area contributed by atoms with Gasteiger partial charge < -0.3 is 9.73 Å². The van der Waals surface area contributed by atoms with Crippen molar-refractivity contribution in [3.63, 3.8) is 0 Å². The Morgan fingerprint density at radius 3 is 2.62 bits per heavy atom. The van der Waals surface area contributed by atoms with E-state index in [4.69, 9.17) is 4.42 Å². The molecule has 0 spiro atoms. The van der Waals surface area contributed by atoms with E-state index in [0.717, 1.165) is 12.5 Å². The lowest BCUT2D eigenvalue weighted by molar-refractivity contribution is -0.136. The molecule has 7 heteroatoms. The van der Waals surface area contributed by atoms with Gasteiger partial charge in [0.15, 0.2) is 11.5 Å². The zero-order valence-electron chi connectivity index (χ0n) is 13.6. The molecule has 1 N–H and O–H groups in total. The highest BCUT2D eigenvalue weighted by Crippen LogP contribution is 2.37. The number of rotatable bonds is 4. The van der Waals surface area contributed by atoms with E-state index in [2.05, 4.69) is 10.3 Å². The standard InChI is InChI=1S/C17H20F4N2O/c1-9(2)16-23-14-7-10(8-22-13-5-3-4-12(13)18)6-11(15(14)24-16)17(19,20)21/h6-7,9,12-13,22H,3-5,8H2,1-2H3/t12-,13+/m1/s1. The lowest BCUT2D eigenvalue weighted by atomic mass is 10.1. The van der Waals surface area contributed by atoms with Crippen LogP contribution in [0.15, 0.2) is 16.5 Å². The Balaban J connectivity index is 1.93. The van der Waals surface area contributed by atoms with Gasteiger partial charge in [-0.1, -0.05) is 13.8 Å². The molecule has 0 bridgehead atoms. The van der Waals surface area contributed by atoms with Crippen molar-refractivity contribution in [3.8, 4) is 0 Å². The second-order valence-corrected chi connectivity index (χ2v) is 6.63. The fraction of sp³-hybridized carbons (Fsp3) is 0.588. The van der Waals surface area contributed by atoms with Crippen molar-refractivity contribution in [2.45, 2.75) is 64.0 Å². The minimum atomic E-state index is -4.53. The number of hydrogen-bond donors (Lipinski definition) is 1. The molecule has 1 heterocycles. The Kier molecular flexibility index (Phi) is 4.55. The summed E-state index contributed by atoms with van der Waals surface area (Å²) in [4.78, 5) is 4.17. The molecular weight excluding hydrogens is 324 g/mol. The van der Waals surface area contributed by atoms with Crippen LogP contribution in [0.25, 0.3) is 11.1 Å². The molecule has 1 saturated carbocycles. The SMILES string of the molecule is CC(C)c1nc2cc(CN[C@H]3CCC[C@H]3F)cc(C(F)(F)F)c2o1. The van der Waals surface area contributed by atoms with Crippen molar-refractivity contribution in [2.75, 3.05) is 0 Å². The van der Waals surface area contributed by atoms with Gasteiger partial charge in [-0.3, -0.25) is 0 Å². The smallest absolute Gasteiger partial charge is 0.420 e. The summed E-state index contributed by atoms with van der Waals surface area (Å²) in [5.74, 6) is 0.172. The Hall–Kier alpha value is -1.63. The number of hydrogen-bond acceptors (Lipinski definition) is 3. The lowest BCUT2D eigenvalue weighted by Crippen LogP contribution is -2.32. The second kappa shape index (κ2) is 6.35. The molecule has 0 saturated heterocycles. The molecule has 24 heavy (non-hydrogen) atoms. The fourth-order valence-corrected chi connectivity index (χ4v) is 3.06. The van der Waals surface area contributed by atoms with Gasteiger partial charge in [0.25, 0.3) is 0 Å². The zero-order valence-corrected chi connectivity index (χ0v) is 13.6. The molecule has 0 amide bonds. The van der Waals surface area contributed by atoms with Gasteiger partial charge in [0, 0.05) is 18.5 Å². The molecule has 1 aliphatic rings. The van der Waals surface area contributed by atoms with Crippen LogP contribution in [0.5, 0.6) is 0 Å². The number of alkyl halides is 4. The molecule has 1 aromatic heterocycles. The van der Waals surface area contributed by atoms with Crippen molar-refractivity contribution in [1.82, 2.24) is 10.3 Å². The van der Waals surface area contributed by atoms with Crippen LogP contribution in [-0.4, -0.2) is 17.2 Å². The molecule has 3 rings (SSSR count). The van der Waals surface area contributed by atoms with Crippen LogP contribution in [0.2, 0.25) is 0 Å². The van der Waals surface area contributed by atoms with E-state index in [9.17, 15) is 17.6 Å². The topological polar surface area (TPSA) is 38.1 Å². The van der Waals surface area contributed by atoms with E-state index in [0.29, 0.717) is 18.4 Å². The number of halogens is 4. The minimum absolute atomic E-state index is 0.106. The first-order valence-corrected chi connectivity index (χ1v) is 8.13. The van der Waals surface area contributed by atoms with Crippen LogP contribution in [0.3, 0.4) is 0 Å². The molecule has 1 aromatic carbocycles. The van der Waals surface area contributed by atoms with Crippen molar-refractivity contribution in [3.05, 3.63) is 29.2 Å². The van der Waals surface area contributed by atoms with Crippen molar-refractivity contribution in [1.29, 1.82) is 0 Å². The van der Waals surface area contributed by atoms with Gasteiger partial charge in [-0.05, 0) is 37.0 Å². The van der Waals surface area contributed by atoms with E-state index < -0.39 is 17.9 Å². The van der Waals surface area contributed by atoms with Crippen LogP contribution >= 0.6 is 0 Å². The average molecular weight is 344 g/mol. The number of nitrogens with zero attached hydrogens (tertiary/aromatic N) is 1. The molecule has 3 nitrogen and oxygen atoms in total. The number of fused-ring (bicyclic) bond motifs is 1. The average Bonchev–Trinajstić information content (AvgIpc) is 3.09. The number of aromatic nitrogens is 1. The summed E-state index contributed by atoms with van der Waals surface area (Å²) >= 11 is 0. The molecule has 2 aromatic rings. The predicted octanol–water partition coefficient (Wildman–Crippen LogP) is 4.95. The van der Waals surface area contributed by atoms with Crippen molar-refractivity contribution >= 4 is 11.1 Å². The van der Waals surface area contributed by atoms with Crippen molar-refractivity contribution < 1.29 is 22.0 Å². The molecule has 1 fully saturated rings. The molecule has 0 unspecified atom stereocenters. The lowest BCUT2D eigenvalue weighted by Gasteiger charge is -2.15. The predicted molar refractivity (Wildman–Crippen MR) is 82.5 cm³/mol. The van der Waals surface area contributed by atoms with Gasteiger partial charge >= 0.3 is 6.18 Å². The van der Waals surface area contributed by atoms with E-state index in [-0.39, 0.29) is 35.5 Å². The Morgan fingerprint density at radius 1 is 1.29 bits per heavy atom. The van der Waals surface area contributed by atoms with Gasteiger partial charge in [-0.2, -0.15) is 13.2 Å². The van der Waals surface area contributed by atoms with Crippen LogP contribution in [-0.2, 0) is 12.7 Å². The van der Waals surface area contributed by atoms with Gasteiger partial charge in [0.05, 0.1) is 0 Å². The first kappa shape index (κ1) is 17.2. The van der Waals surface area contributed by atoms with Crippen LogP contribution in [0.4, 0.5) is 17.6 Å². The summed E-state index contributed by atoms with van der Waals surface area (Å²) in [6.45, 7) is 3.79. The first-order chi connectivity index (χ1) is 11.3. The van der Waals surface area contributed by atoms with E-state index >= 15 is 0 Å². The van der Waals surface area contributed by atoms with Crippen LogP contribution in [0.1, 0.15) is 56.0 Å². The summed E-state index contributed by atoms with van der Waals surface area (Å²) in [5.41, 5.74) is -0.454. The highest BCUT2D eigenvalue weighted by molar-refractivity contribution is 5.78. The molecule has 132 valence electrons. The molecule has 1 aliphatic carbocycles. The third-order valence-corrected chi connectivity index (χ3v) is 4.37. The maximum absolute atomic E-state index is 13.6. The summed E-state index contributed by atoms with van der Waals surface area (Å²) < 4.78 is 59.0. The van der Waals surface area contributed by atoms with Gasteiger partial charge in [0.2, 0.25) is 0 Å². The highest BCUT2D eigenvalue weighted by atomic mass is 19.4. The van der Waals surface area contributed by atoms with Crippen LogP contribution in [0, 0.1) is 0 Å². The quantitative estimate of drug-likeness (QED) is 0.798. The molecular formula is C17H20F4N2O. The third-order valence-electron chi connectivity index (χ3n) is 4.37. The summed E-state index contributed by atoms with van der Waals surface area (Å²) in [7, 11) is 0. The first-order valence-electron chi connectivity index (χ1n) is 8.13. The number of nitrogens with one attached hydrogen (secondary N) is 1. The monoisotopic (exact) mass is 344 g/mol. The van der Waals surface area contributed by atoms with Gasteiger partial charge in [-0.15, -0.1) is 0 Å². The molecule has 2 atom stereocenters. The van der Waals surface area contributed by atoms with Crippen molar-refractivity contribution in [2.24, 2.45) is 0 Å². The summed E-state index contributed by atoms with van der Waals surface area (Å²) in [6.07, 6.45) is -3.46. The zero-order chi connectivity index (χ0) is 17.5. The van der Waals surface area contributed by atoms with Gasteiger partial charge in [-0.25, -0.2) is 9.37 Å². The third kappa shape index (κ3) is 3.41. The molecule has 0 radical (unpaired) electrons. The summed E-state index contributed by atoms with van der Waals surface area (Å²) in [6, 6.07) is 2.35. The Labute approximate surface area is 137 Å². The number of oxazole rings is 1. The summed E-state index contributed by atoms with van der Waals surface area (Å²) in [5, 5.41) is 3.02. The largest absolute Gasteiger partial charge is 0.440 e. The normalized spacial score (nSPS) is 22.0. The van der Waals surface area contributed by atoms with E-state index in [1.54, 1.807) is 6.07 Å².